The van der Waals surface area contributed by atoms with Crippen molar-refractivity contribution < 1.29 is 0 Å². The molecule has 0 radical (unpaired) electrons. The van der Waals surface area contributed by atoms with Gasteiger partial charge in [-0.15, -0.1) is 0 Å². The molecule has 1 aliphatic heterocycles. The molecule has 0 saturated carbocycles. The zero-order chi connectivity index (χ0) is 21.4. The third-order valence-corrected chi connectivity index (χ3v) is 5.74. The standard InChI is InChI=1S/C22H22N8O/c1-2-29-20-18(27-22(29)28-9-7-24-8-10-28)13-26-30(21(20)31)14-19-17-6-4-3-5-16(17)15(11-23)12-25-19/h3-6,12-13,24H,2,7-10,14H2,1H3. The molecule has 3 aromatic heterocycles. The van der Waals surface area contributed by atoms with Crippen LogP contribution in [0, 0.1) is 11.3 Å². The second kappa shape index (κ2) is 7.81. The Morgan fingerprint density at radius 1 is 1.16 bits per heavy atom. The molecule has 5 rings (SSSR count). The highest BCUT2D eigenvalue weighted by atomic mass is 16.1. The van der Waals surface area contributed by atoms with Crippen LogP contribution in [0.3, 0.4) is 0 Å². The van der Waals surface area contributed by atoms with Gasteiger partial charge >= 0.3 is 0 Å². The second-order valence-corrected chi connectivity index (χ2v) is 7.51. The van der Waals surface area contributed by atoms with E-state index in [4.69, 9.17) is 4.98 Å². The molecule has 0 bridgehead atoms. The van der Waals surface area contributed by atoms with E-state index in [0.717, 1.165) is 42.9 Å². The predicted molar refractivity (Wildman–Crippen MR) is 118 cm³/mol. The number of piperazine rings is 1. The molecule has 1 fully saturated rings. The molecule has 9 nitrogen and oxygen atoms in total. The van der Waals surface area contributed by atoms with Gasteiger partial charge in [-0.3, -0.25) is 9.78 Å². The molecule has 0 amide bonds. The lowest BCUT2D eigenvalue weighted by Crippen LogP contribution is -2.44. The lowest BCUT2D eigenvalue weighted by molar-refractivity contribution is 0.569. The van der Waals surface area contributed by atoms with Crippen LogP contribution in [0.1, 0.15) is 18.2 Å². The largest absolute Gasteiger partial charge is 0.340 e. The number of imidazole rings is 1. The first-order valence-electron chi connectivity index (χ1n) is 10.4. The van der Waals surface area contributed by atoms with Crippen LogP contribution >= 0.6 is 0 Å². The zero-order valence-electron chi connectivity index (χ0n) is 17.2. The highest BCUT2D eigenvalue weighted by Crippen LogP contribution is 2.22. The maximum absolute atomic E-state index is 13.4. The van der Waals surface area contributed by atoms with Gasteiger partial charge in [0, 0.05) is 49.7 Å². The SMILES string of the molecule is CCn1c(N2CCNCC2)nc2cnn(Cc3ncc(C#N)c4ccccc34)c(=O)c21. The van der Waals surface area contributed by atoms with Crippen molar-refractivity contribution in [3.05, 3.63) is 58.3 Å². The molecule has 1 saturated heterocycles. The molecule has 0 aliphatic carbocycles. The molecule has 1 aliphatic rings. The van der Waals surface area contributed by atoms with Crippen molar-refractivity contribution >= 4 is 27.8 Å². The van der Waals surface area contributed by atoms with Crippen molar-refractivity contribution in [2.45, 2.75) is 20.0 Å². The monoisotopic (exact) mass is 414 g/mol. The summed E-state index contributed by atoms with van der Waals surface area (Å²) in [6, 6.07) is 9.78. The number of fused-ring (bicyclic) bond motifs is 2. The fourth-order valence-electron chi connectivity index (χ4n) is 4.20. The summed E-state index contributed by atoms with van der Waals surface area (Å²) in [6.07, 6.45) is 3.21. The highest BCUT2D eigenvalue weighted by Gasteiger charge is 2.21. The summed E-state index contributed by atoms with van der Waals surface area (Å²) in [5.41, 5.74) is 2.19. The highest BCUT2D eigenvalue weighted by molar-refractivity contribution is 5.89. The van der Waals surface area contributed by atoms with Crippen molar-refractivity contribution in [2.75, 3.05) is 31.1 Å². The Bertz CT molecular complexity index is 1370. The maximum Gasteiger partial charge on any atom is 0.293 e. The Labute approximate surface area is 178 Å². The number of nitrogens with zero attached hydrogens (tertiary/aromatic N) is 7. The minimum absolute atomic E-state index is 0.191. The van der Waals surface area contributed by atoms with Crippen molar-refractivity contribution in [3.63, 3.8) is 0 Å². The lowest BCUT2D eigenvalue weighted by atomic mass is 10.1. The van der Waals surface area contributed by atoms with Crippen molar-refractivity contribution in [1.29, 1.82) is 5.26 Å². The van der Waals surface area contributed by atoms with E-state index in [0.29, 0.717) is 28.8 Å². The van der Waals surface area contributed by atoms with Crippen molar-refractivity contribution in [3.8, 4) is 6.07 Å². The van der Waals surface area contributed by atoms with Gasteiger partial charge in [-0.2, -0.15) is 10.4 Å². The van der Waals surface area contributed by atoms with Crippen LogP contribution < -0.4 is 15.8 Å². The van der Waals surface area contributed by atoms with Crippen LogP contribution in [-0.2, 0) is 13.1 Å². The van der Waals surface area contributed by atoms with E-state index in [-0.39, 0.29) is 12.1 Å². The number of nitrogens with one attached hydrogen (secondary N) is 1. The van der Waals surface area contributed by atoms with E-state index in [9.17, 15) is 10.1 Å². The molecule has 1 aromatic carbocycles. The Balaban J connectivity index is 1.61. The van der Waals surface area contributed by atoms with Crippen LogP contribution in [-0.4, -0.2) is 50.5 Å². The third kappa shape index (κ3) is 3.21. The van der Waals surface area contributed by atoms with Gasteiger partial charge in [0.05, 0.1) is 24.0 Å². The van der Waals surface area contributed by atoms with E-state index < -0.39 is 0 Å². The van der Waals surface area contributed by atoms with Crippen LogP contribution in [0.15, 0.2) is 41.5 Å². The quantitative estimate of drug-likeness (QED) is 0.539. The molecular formula is C22H22N8O. The normalized spacial score (nSPS) is 14.3. The first-order valence-corrected chi connectivity index (χ1v) is 10.4. The van der Waals surface area contributed by atoms with E-state index in [1.54, 1.807) is 12.4 Å². The number of pyridine rings is 1. The number of aromatic nitrogens is 5. The maximum atomic E-state index is 13.4. The number of rotatable bonds is 4. The lowest BCUT2D eigenvalue weighted by Gasteiger charge is -2.28. The molecule has 156 valence electrons. The van der Waals surface area contributed by atoms with Gasteiger partial charge in [-0.1, -0.05) is 24.3 Å². The van der Waals surface area contributed by atoms with Crippen molar-refractivity contribution in [2.24, 2.45) is 0 Å². The fraction of sp³-hybridized carbons (Fsp3) is 0.318. The number of hydrogen-bond donors (Lipinski definition) is 1. The molecule has 0 spiro atoms. The van der Waals surface area contributed by atoms with Crippen LogP contribution in [0.2, 0.25) is 0 Å². The van der Waals surface area contributed by atoms with Gasteiger partial charge in [-0.25, -0.2) is 9.67 Å². The number of benzene rings is 1. The molecule has 0 unspecified atom stereocenters. The summed E-state index contributed by atoms with van der Waals surface area (Å²) >= 11 is 0. The van der Waals surface area contributed by atoms with Gasteiger partial charge < -0.3 is 14.8 Å². The number of aryl methyl sites for hydroxylation is 1. The Morgan fingerprint density at radius 3 is 2.68 bits per heavy atom. The molecule has 9 heteroatoms. The number of hydrogen-bond acceptors (Lipinski definition) is 7. The first-order chi connectivity index (χ1) is 15.2. The summed E-state index contributed by atoms with van der Waals surface area (Å²) in [5.74, 6) is 0.817. The Hall–Kier alpha value is -3.77. The summed E-state index contributed by atoms with van der Waals surface area (Å²) in [6.45, 7) is 6.39. The molecule has 4 aromatic rings. The van der Waals surface area contributed by atoms with Gasteiger partial charge in [-0.05, 0) is 6.92 Å². The van der Waals surface area contributed by atoms with Gasteiger partial charge in [0.15, 0.2) is 0 Å². The number of anilines is 1. The van der Waals surface area contributed by atoms with Crippen molar-refractivity contribution in [1.82, 2.24) is 29.6 Å². The minimum atomic E-state index is -0.191. The second-order valence-electron chi connectivity index (χ2n) is 7.51. The zero-order valence-corrected chi connectivity index (χ0v) is 17.2. The Kier molecular flexibility index (Phi) is 4.84. The van der Waals surface area contributed by atoms with E-state index >= 15 is 0 Å². The molecule has 31 heavy (non-hydrogen) atoms. The van der Waals surface area contributed by atoms with Gasteiger partial charge in [0.25, 0.3) is 5.56 Å². The van der Waals surface area contributed by atoms with E-state index in [1.165, 1.54) is 4.68 Å². The van der Waals surface area contributed by atoms with Crippen LogP contribution in [0.5, 0.6) is 0 Å². The van der Waals surface area contributed by atoms with E-state index in [2.05, 4.69) is 26.4 Å². The topological polar surface area (TPSA) is 105 Å². The first kappa shape index (κ1) is 19.2. The number of nitriles is 1. The average Bonchev–Trinajstić information content (AvgIpc) is 3.21. The molecule has 4 heterocycles. The van der Waals surface area contributed by atoms with Gasteiger partial charge in [0.2, 0.25) is 5.95 Å². The van der Waals surface area contributed by atoms with Crippen LogP contribution in [0.25, 0.3) is 21.8 Å². The summed E-state index contributed by atoms with van der Waals surface area (Å²) in [5, 5.41) is 18.8. The summed E-state index contributed by atoms with van der Waals surface area (Å²) in [7, 11) is 0. The smallest absolute Gasteiger partial charge is 0.293 e. The third-order valence-electron chi connectivity index (χ3n) is 5.74. The van der Waals surface area contributed by atoms with Gasteiger partial charge in [0.1, 0.15) is 17.1 Å². The van der Waals surface area contributed by atoms with E-state index in [1.807, 2.05) is 35.8 Å². The predicted octanol–water partition coefficient (Wildman–Crippen LogP) is 1.49. The fourth-order valence-corrected chi connectivity index (χ4v) is 4.20. The minimum Gasteiger partial charge on any atom is -0.340 e. The summed E-state index contributed by atoms with van der Waals surface area (Å²) < 4.78 is 3.41. The molecule has 1 N–H and O–H groups in total. The Morgan fingerprint density at radius 2 is 1.94 bits per heavy atom. The summed E-state index contributed by atoms with van der Waals surface area (Å²) in [4.78, 5) is 24.8. The average molecular weight is 414 g/mol. The van der Waals surface area contributed by atoms with Crippen LogP contribution in [0.4, 0.5) is 5.95 Å². The molecular weight excluding hydrogens is 392 g/mol. The molecule has 0 atom stereocenters.